The number of carboxylic acid groups (broad SMARTS) is 1. The molecule has 0 aromatic rings. The first-order valence-corrected chi connectivity index (χ1v) is 6.61. The van der Waals surface area contributed by atoms with Gasteiger partial charge < -0.3 is 20.6 Å². The number of carbonyl (C=O) groups excluding carboxylic acids is 2. The van der Waals surface area contributed by atoms with Crippen molar-refractivity contribution in [1.29, 1.82) is 0 Å². The molecule has 2 rings (SSSR count). The van der Waals surface area contributed by atoms with Crippen LogP contribution < -0.4 is 10.6 Å². The van der Waals surface area contributed by atoms with Gasteiger partial charge in [-0.1, -0.05) is 0 Å². The largest absolute Gasteiger partial charge is 0.481 e. The fourth-order valence-corrected chi connectivity index (χ4v) is 2.07. The van der Waals surface area contributed by atoms with Gasteiger partial charge in [-0.15, -0.1) is 0 Å². The number of carbonyl (C=O) groups is 3. The Hall–Kier alpha value is -1.79. The summed E-state index contributed by atoms with van der Waals surface area (Å²) in [4.78, 5) is 35.4. The van der Waals surface area contributed by atoms with Gasteiger partial charge >= 0.3 is 12.0 Å². The number of hydrogen-bond donors (Lipinski definition) is 3. The third-order valence-corrected chi connectivity index (χ3v) is 3.40. The summed E-state index contributed by atoms with van der Waals surface area (Å²) in [6.45, 7) is 0.984. The summed E-state index contributed by atoms with van der Waals surface area (Å²) in [5, 5.41) is 14.3. The maximum atomic E-state index is 11.7. The maximum absolute atomic E-state index is 11.7. The van der Waals surface area contributed by atoms with Crippen LogP contribution in [0.4, 0.5) is 4.79 Å². The average Bonchev–Trinajstić information content (AvgIpc) is 3.01. The number of carboxylic acids is 1. The summed E-state index contributed by atoms with van der Waals surface area (Å²) in [5.74, 6) is -1.38. The molecule has 0 spiro atoms. The molecule has 7 heteroatoms. The first-order chi connectivity index (χ1) is 9.06. The molecule has 2 aliphatic rings. The first-order valence-electron chi connectivity index (χ1n) is 6.61. The van der Waals surface area contributed by atoms with Crippen LogP contribution in [0.1, 0.15) is 25.7 Å². The Bertz CT molecular complexity index is 381. The Balaban J connectivity index is 1.61. The van der Waals surface area contributed by atoms with Crippen LogP contribution in [0.15, 0.2) is 0 Å². The molecule has 1 atom stereocenters. The van der Waals surface area contributed by atoms with Crippen molar-refractivity contribution < 1.29 is 19.5 Å². The summed E-state index contributed by atoms with van der Waals surface area (Å²) >= 11 is 0. The highest BCUT2D eigenvalue weighted by molar-refractivity contribution is 5.79. The van der Waals surface area contributed by atoms with Crippen LogP contribution in [0.25, 0.3) is 0 Å². The van der Waals surface area contributed by atoms with Gasteiger partial charge in [-0.25, -0.2) is 4.79 Å². The molecular formula is C12H19N3O4. The van der Waals surface area contributed by atoms with Crippen molar-refractivity contribution in [2.24, 2.45) is 5.92 Å². The van der Waals surface area contributed by atoms with Crippen LogP contribution in [0.5, 0.6) is 0 Å². The molecule has 2 fully saturated rings. The molecule has 0 radical (unpaired) electrons. The van der Waals surface area contributed by atoms with E-state index in [1.807, 2.05) is 0 Å². The predicted octanol–water partition coefficient (Wildman–Crippen LogP) is -0.229. The van der Waals surface area contributed by atoms with Crippen molar-refractivity contribution in [2.45, 2.75) is 31.7 Å². The van der Waals surface area contributed by atoms with Gasteiger partial charge in [0.1, 0.15) is 0 Å². The van der Waals surface area contributed by atoms with Crippen LogP contribution in [-0.2, 0) is 9.59 Å². The zero-order valence-corrected chi connectivity index (χ0v) is 10.7. The molecule has 1 saturated heterocycles. The van der Waals surface area contributed by atoms with E-state index in [4.69, 9.17) is 5.11 Å². The minimum Gasteiger partial charge on any atom is -0.481 e. The second-order valence-electron chi connectivity index (χ2n) is 5.09. The molecular weight excluding hydrogens is 250 g/mol. The Labute approximate surface area is 111 Å². The topological polar surface area (TPSA) is 98.7 Å². The van der Waals surface area contributed by atoms with E-state index in [9.17, 15) is 14.4 Å². The monoisotopic (exact) mass is 269 g/mol. The summed E-state index contributed by atoms with van der Waals surface area (Å²) < 4.78 is 0. The van der Waals surface area contributed by atoms with E-state index in [1.54, 1.807) is 0 Å². The highest BCUT2D eigenvalue weighted by Crippen LogP contribution is 2.18. The lowest BCUT2D eigenvalue weighted by Crippen LogP contribution is -2.40. The third kappa shape index (κ3) is 4.11. The van der Waals surface area contributed by atoms with Gasteiger partial charge in [0.05, 0.1) is 5.92 Å². The van der Waals surface area contributed by atoms with Crippen LogP contribution in [-0.4, -0.2) is 53.6 Å². The number of rotatable bonds is 5. The van der Waals surface area contributed by atoms with Crippen molar-refractivity contribution in [1.82, 2.24) is 15.5 Å². The standard InChI is InChI=1S/C12H19N3O4/c16-10(14-9-1-2-9)3-5-13-12(19)15-6-4-8(7-15)11(17)18/h8-9H,1-7H2,(H,13,19)(H,14,16)(H,17,18). The van der Waals surface area contributed by atoms with Gasteiger partial charge in [0, 0.05) is 32.1 Å². The Kier molecular flexibility index (Phi) is 4.24. The fraction of sp³-hybridized carbons (Fsp3) is 0.750. The summed E-state index contributed by atoms with van der Waals surface area (Å²) in [7, 11) is 0. The van der Waals surface area contributed by atoms with Gasteiger partial charge in [-0.3, -0.25) is 9.59 Å². The average molecular weight is 269 g/mol. The van der Waals surface area contributed by atoms with Crippen LogP contribution >= 0.6 is 0 Å². The quantitative estimate of drug-likeness (QED) is 0.642. The molecule has 1 heterocycles. The van der Waals surface area contributed by atoms with Gasteiger partial charge in [0.25, 0.3) is 0 Å². The Morgan fingerprint density at radius 1 is 1.21 bits per heavy atom. The van der Waals surface area contributed by atoms with Gasteiger partial charge in [-0.2, -0.15) is 0 Å². The number of nitrogens with one attached hydrogen (secondary N) is 2. The SMILES string of the molecule is O=C(CCNC(=O)N1CCC(C(=O)O)C1)NC1CC1. The molecule has 106 valence electrons. The second-order valence-corrected chi connectivity index (χ2v) is 5.09. The normalized spacial score (nSPS) is 22.1. The van der Waals surface area contributed by atoms with E-state index >= 15 is 0 Å². The van der Waals surface area contributed by atoms with Crippen LogP contribution in [0.2, 0.25) is 0 Å². The first kappa shape index (κ1) is 13.6. The lowest BCUT2D eigenvalue weighted by Gasteiger charge is -2.16. The molecule has 19 heavy (non-hydrogen) atoms. The fourth-order valence-electron chi connectivity index (χ4n) is 2.07. The number of aliphatic carboxylic acids is 1. The molecule has 7 nitrogen and oxygen atoms in total. The molecule has 3 amide bonds. The molecule has 1 saturated carbocycles. The lowest BCUT2D eigenvalue weighted by molar-refractivity contribution is -0.141. The molecule has 0 bridgehead atoms. The minimum absolute atomic E-state index is 0.0485. The molecule has 0 aromatic carbocycles. The molecule has 1 aliphatic heterocycles. The predicted molar refractivity (Wildman–Crippen MR) is 66.5 cm³/mol. The van der Waals surface area contributed by atoms with Crippen molar-refractivity contribution in [2.75, 3.05) is 19.6 Å². The van der Waals surface area contributed by atoms with Gasteiger partial charge in [0.2, 0.25) is 5.91 Å². The molecule has 0 aromatic heterocycles. The minimum atomic E-state index is -0.862. The number of likely N-dealkylation sites (tertiary alicyclic amines) is 1. The lowest BCUT2D eigenvalue weighted by atomic mass is 10.1. The molecule has 1 aliphatic carbocycles. The Morgan fingerprint density at radius 2 is 1.95 bits per heavy atom. The van der Waals surface area contributed by atoms with E-state index < -0.39 is 11.9 Å². The number of nitrogens with zero attached hydrogens (tertiary/aromatic N) is 1. The zero-order chi connectivity index (χ0) is 13.8. The highest BCUT2D eigenvalue weighted by atomic mass is 16.4. The molecule has 3 N–H and O–H groups in total. The van der Waals surface area contributed by atoms with E-state index in [0.717, 1.165) is 12.8 Å². The number of urea groups is 1. The number of amides is 3. The van der Waals surface area contributed by atoms with E-state index in [-0.39, 0.29) is 31.4 Å². The summed E-state index contributed by atoms with van der Waals surface area (Å²) in [6.07, 6.45) is 2.84. The van der Waals surface area contributed by atoms with Crippen molar-refractivity contribution in [3.05, 3.63) is 0 Å². The van der Waals surface area contributed by atoms with Crippen molar-refractivity contribution in [3.8, 4) is 0 Å². The second kappa shape index (κ2) is 5.90. The highest BCUT2D eigenvalue weighted by Gasteiger charge is 2.30. The maximum Gasteiger partial charge on any atom is 0.317 e. The van der Waals surface area contributed by atoms with Crippen LogP contribution in [0, 0.1) is 5.92 Å². The van der Waals surface area contributed by atoms with Crippen molar-refractivity contribution in [3.63, 3.8) is 0 Å². The smallest absolute Gasteiger partial charge is 0.317 e. The van der Waals surface area contributed by atoms with Gasteiger partial charge in [-0.05, 0) is 19.3 Å². The van der Waals surface area contributed by atoms with E-state index in [2.05, 4.69) is 10.6 Å². The third-order valence-electron chi connectivity index (χ3n) is 3.40. The van der Waals surface area contributed by atoms with Crippen LogP contribution in [0.3, 0.4) is 0 Å². The summed E-state index contributed by atoms with van der Waals surface area (Å²) in [5.41, 5.74) is 0. The van der Waals surface area contributed by atoms with E-state index in [1.165, 1.54) is 4.90 Å². The summed E-state index contributed by atoms with van der Waals surface area (Å²) in [6, 6.07) is 0.0427. The van der Waals surface area contributed by atoms with E-state index in [0.29, 0.717) is 19.0 Å². The zero-order valence-electron chi connectivity index (χ0n) is 10.7. The van der Waals surface area contributed by atoms with Crippen molar-refractivity contribution >= 4 is 17.9 Å². The van der Waals surface area contributed by atoms with Gasteiger partial charge in [0.15, 0.2) is 0 Å². The Morgan fingerprint density at radius 3 is 2.53 bits per heavy atom. The number of hydrogen-bond acceptors (Lipinski definition) is 3. The molecule has 1 unspecified atom stereocenters.